The summed E-state index contributed by atoms with van der Waals surface area (Å²) in [6.07, 6.45) is 0.713. The second-order valence-corrected chi connectivity index (χ2v) is 7.41. The van der Waals surface area contributed by atoms with E-state index in [1.165, 1.54) is 0 Å². The molecule has 0 N–H and O–H groups in total. The van der Waals surface area contributed by atoms with Crippen molar-refractivity contribution in [3.63, 3.8) is 0 Å². The number of carbonyl (C=O) groups is 1. The van der Waals surface area contributed by atoms with Crippen LogP contribution in [0, 0.1) is 0 Å². The van der Waals surface area contributed by atoms with Crippen LogP contribution in [0.2, 0.25) is 0 Å². The fraction of sp³-hybridized carbons (Fsp3) is 0.269. The van der Waals surface area contributed by atoms with Gasteiger partial charge in [-0.15, -0.1) is 0 Å². The van der Waals surface area contributed by atoms with Crippen molar-refractivity contribution < 1.29 is 14.3 Å². The van der Waals surface area contributed by atoms with Gasteiger partial charge in [0, 0.05) is 25.3 Å². The molecular formula is C26H29NO3. The van der Waals surface area contributed by atoms with Gasteiger partial charge in [0.15, 0.2) is 0 Å². The lowest BCUT2D eigenvalue weighted by Gasteiger charge is -2.30. The largest absolute Gasteiger partial charge is 0.496 e. The smallest absolute Gasteiger partial charge is 0.254 e. The molecule has 30 heavy (non-hydrogen) atoms. The van der Waals surface area contributed by atoms with Gasteiger partial charge in [0.05, 0.1) is 13.7 Å². The second kappa shape index (κ2) is 10.6. The normalized spacial score (nSPS) is 11.7. The highest BCUT2D eigenvalue weighted by molar-refractivity contribution is 5.94. The van der Waals surface area contributed by atoms with Gasteiger partial charge in [-0.1, -0.05) is 60.7 Å². The van der Waals surface area contributed by atoms with E-state index in [-0.39, 0.29) is 11.9 Å². The number of ether oxygens (including phenoxy) is 2. The third-order valence-corrected chi connectivity index (χ3v) is 5.21. The maximum Gasteiger partial charge on any atom is 0.254 e. The summed E-state index contributed by atoms with van der Waals surface area (Å²) in [6.45, 7) is 3.18. The zero-order valence-corrected chi connectivity index (χ0v) is 17.9. The van der Waals surface area contributed by atoms with Crippen molar-refractivity contribution in [2.24, 2.45) is 0 Å². The third-order valence-electron chi connectivity index (χ3n) is 5.21. The van der Waals surface area contributed by atoms with E-state index in [9.17, 15) is 4.79 Å². The summed E-state index contributed by atoms with van der Waals surface area (Å²) in [5.41, 5.74) is 3.92. The van der Waals surface area contributed by atoms with E-state index in [0.717, 1.165) is 22.4 Å². The topological polar surface area (TPSA) is 38.8 Å². The second-order valence-electron chi connectivity index (χ2n) is 7.41. The average Bonchev–Trinajstić information content (AvgIpc) is 2.79. The third kappa shape index (κ3) is 5.49. The van der Waals surface area contributed by atoms with Gasteiger partial charge in [-0.05, 0) is 48.2 Å². The summed E-state index contributed by atoms with van der Waals surface area (Å²) in [7, 11) is 3.35. The molecule has 1 amide bonds. The van der Waals surface area contributed by atoms with Crippen LogP contribution in [0.1, 0.15) is 34.0 Å². The highest BCUT2D eigenvalue weighted by atomic mass is 16.5. The van der Waals surface area contributed by atoms with Crippen molar-refractivity contribution in [3.05, 3.63) is 101 Å². The molecule has 156 valence electrons. The van der Waals surface area contributed by atoms with Crippen LogP contribution in [0.5, 0.6) is 5.75 Å². The van der Waals surface area contributed by atoms with Crippen LogP contribution in [0.4, 0.5) is 0 Å². The van der Waals surface area contributed by atoms with Crippen LogP contribution in [0.25, 0.3) is 0 Å². The molecule has 0 heterocycles. The minimum atomic E-state index is -0.00680. The predicted molar refractivity (Wildman–Crippen MR) is 120 cm³/mol. The predicted octanol–water partition coefficient (Wildman–Crippen LogP) is 5.12. The maximum absolute atomic E-state index is 13.5. The number of methoxy groups -OCH3 is 2. The molecule has 3 rings (SSSR count). The van der Waals surface area contributed by atoms with Gasteiger partial charge in [0.2, 0.25) is 0 Å². The first-order valence-electron chi connectivity index (χ1n) is 10.2. The zero-order chi connectivity index (χ0) is 21.3. The van der Waals surface area contributed by atoms with Crippen LogP contribution in [-0.2, 0) is 24.3 Å². The molecule has 3 aromatic rings. The van der Waals surface area contributed by atoms with E-state index in [1.807, 2.05) is 65.6 Å². The number of benzene rings is 3. The van der Waals surface area contributed by atoms with Crippen molar-refractivity contribution in [2.75, 3.05) is 14.2 Å². The van der Waals surface area contributed by atoms with Gasteiger partial charge in [0.1, 0.15) is 5.75 Å². The van der Waals surface area contributed by atoms with Gasteiger partial charge in [-0.2, -0.15) is 0 Å². The van der Waals surface area contributed by atoms with Crippen LogP contribution < -0.4 is 4.74 Å². The highest BCUT2D eigenvalue weighted by Crippen LogP contribution is 2.23. The molecule has 0 aromatic heterocycles. The molecule has 4 nitrogen and oxygen atoms in total. The minimum absolute atomic E-state index is 0.00680. The Morgan fingerprint density at radius 3 is 2.20 bits per heavy atom. The monoisotopic (exact) mass is 403 g/mol. The Morgan fingerprint density at radius 2 is 1.53 bits per heavy atom. The number of amides is 1. The van der Waals surface area contributed by atoms with Gasteiger partial charge >= 0.3 is 0 Å². The van der Waals surface area contributed by atoms with E-state index >= 15 is 0 Å². The number of nitrogens with zero attached hydrogens (tertiary/aromatic N) is 1. The van der Waals surface area contributed by atoms with Crippen LogP contribution >= 0.6 is 0 Å². The number of carbonyl (C=O) groups excluding carboxylic acids is 1. The van der Waals surface area contributed by atoms with Gasteiger partial charge < -0.3 is 14.4 Å². The molecular weight excluding hydrogens is 374 g/mol. The minimum Gasteiger partial charge on any atom is -0.496 e. The van der Waals surface area contributed by atoms with Crippen LogP contribution in [-0.4, -0.2) is 31.1 Å². The number of rotatable bonds is 9. The summed E-state index contributed by atoms with van der Waals surface area (Å²) in [5.74, 6) is 0.866. The van der Waals surface area contributed by atoms with Crippen molar-refractivity contribution in [3.8, 4) is 5.75 Å². The Morgan fingerprint density at radius 1 is 0.867 bits per heavy atom. The lowest BCUT2D eigenvalue weighted by atomic mass is 10.0. The number of hydrogen-bond acceptors (Lipinski definition) is 3. The first-order valence-corrected chi connectivity index (χ1v) is 10.2. The van der Waals surface area contributed by atoms with Crippen LogP contribution in [0.3, 0.4) is 0 Å². The van der Waals surface area contributed by atoms with E-state index in [2.05, 4.69) is 25.1 Å². The lowest BCUT2D eigenvalue weighted by Crippen LogP contribution is -2.39. The first kappa shape index (κ1) is 21.6. The number of hydrogen-bond donors (Lipinski definition) is 0. The van der Waals surface area contributed by atoms with Gasteiger partial charge in [-0.25, -0.2) is 0 Å². The Kier molecular flexibility index (Phi) is 7.63. The summed E-state index contributed by atoms with van der Waals surface area (Å²) in [6, 6.07) is 25.7. The molecule has 0 saturated carbocycles. The summed E-state index contributed by atoms with van der Waals surface area (Å²) in [5, 5.41) is 0. The van der Waals surface area contributed by atoms with E-state index < -0.39 is 0 Å². The Balaban J connectivity index is 1.86. The SMILES string of the molecule is COCc1ccc(C(=O)N(Cc2ccccc2)C(C)Cc2ccccc2OC)cc1. The van der Waals surface area contributed by atoms with Crippen molar-refractivity contribution in [1.82, 2.24) is 4.90 Å². The molecule has 1 atom stereocenters. The summed E-state index contributed by atoms with van der Waals surface area (Å²) >= 11 is 0. The summed E-state index contributed by atoms with van der Waals surface area (Å²) in [4.78, 5) is 15.4. The Bertz CT molecular complexity index is 938. The molecule has 0 fully saturated rings. The molecule has 0 spiro atoms. The maximum atomic E-state index is 13.5. The molecule has 0 aliphatic heterocycles. The molecule has 0 bridgehead atoms. The average molecular weight is 404 g/mol. The lowest BCUT2D eigenvalue weighted by molar-refractivity contribution is 0.0674. The molecule has 0 radical (unpaired) electrons. The Labute approximate surface area is 179 Å². The fourth-order valence-corrected chi connectivity index (χ4v) is 3.58. The quantitative estimate of drug-likeness (QED) is 0.498. The molecule has 4 heteroatoms. The van der Waals surface area contributed by atoms with Crippen molar-refractivity contribution >= 4 is 5.91 Å². The van der Waals surface area contributed by atoms with E-state index in [0.29, 0.717) is 25.1 Å². The van der Waals surface area contributed by atoms with Gasteiger partial charge in [-0.3, -0.25) is 4.79 Å². The van der Waals surface area contributed by atoms with Crippen molar-refractivity contribution in [1.29, 1.82) is 0 Å². The number of para-hydroxylation sites is 1. The Hall–Kier alpha value is -3.11. The molecule has 0 saturated heterocycles. The molecule has 1 unspecified atom stereocenters. The zero-order valence-electron chi connectivity index (χ0n) is 17.9. The van der Waals surface area contributed by atoms with Crippen LogP contribution in [0.15, 0.2) is 78.9 Å². The summed E-state index contributed by atoms with van der Waals surface area (Å²) < 4.78 is 10.7. The van der Waals surface area contributed by atoms with Crippen molar-refractivity contribution in [2.45, 2.75) is 32.5 Å². The molecule has 0 aliphatic carbocycles. The molecule has 3 aromatic carbocycles. The fourth-order valence-electron chi connectivity index (χ4n) is 3.58. The standard InChI is InChI=1S/C26H29NO3/c1-20(17-24-11-7-8-12-25(24)30-3)27(18-21-9-5-4-6-10-21)26(28)23-15-13-22(14-16-23)19-29-2/h4-16,20H,17-19H2,1-3H3. The first-order chi connectivity index (χ1) is 14.6. The van der Waals surface area contributed by atoms with Gasteiger partial charge in [0.25, 0.3) is 5.91 Å². The van der Waals surface area contributed by atoms with E-state index in [4.69, 9.17) is 9.47 Å². The van der Waals surface area contributed by atoms with E-state index in [1.54, 1.807) is 14.2 Å². The highest BCUT2D eigenvalue weighted by Gasteiger charge is 2.23. The molecule has 0 aliphatic rings.